The van der Waals surface area contributed by atoms with Gasteiger partial charge >= 0.3 is 0 Å². The lowest BCUT2D eigenvalue weighted by atomic mass is 9.81. The summed E-state index contributed by atoms with van der Waals surface area (Å²) in [5.41, 5.74) is 10.1. The van der Waals surface area contributed by atoms with E-state index in [9.17, 15) is 33.6 Å². The Kier molecular flexibility index (Phi) is 24.4. The molecule has 24 nitrogen and oxygen atoms in total. The third kappa shape index (κ3) is 17.1. The van der Waals surface area contributed by atoms with Gasteiger partial charge in [0.15, 0.2) is 46.1 Å². The fourth-order valence-corrected chi connectivity index (χ4v) is 17.5. The molecule has 109 heavy (non-hydrogen) atoms. The first kappa shape index (κ1) is 81.7. The number of nitrogens with zero attached hydrogens (tertiary/aromatic N) is 3. The van der Waals surface area contributed by atoms with Crippen molar-refractivity contribution in [1.82, 2.24) is 45.6 Å². The number of halogens is 1. The van der Waals surface area contributed by atoms with E-state index in [1.165, 1.54) is 6.92 Å². The number of benzene rings is 3. The quantitative estimate of drug-likeness (QED) is 0.0463. The Morgan fingerprint density at radius 1 is 0.413 bits per heavy atom. The van der Waals surface area contributed by atoms with Crippen molar-refractivity contribution < 1.29 is 57.1 Å². The largest absolute Gasteiger partial charge is 0.448 e. The minimum absolute atomic E-state index is 0.0798. The predicted molar refractivity (Wildman–Crippen MR) is 421 cm³/mol. The summed E-state index contributed by atoms with van der Waals surface area (Å²) in [7, 11) is 12.7. The number of pyridine rings is 3. The number of carbonyl (C=O) groups excluding carboxylic acids is 4. The number of aryl methyl sites for hydroxylation is 6. The van der Waals surface area contributed by atoms with E-state index in [4.69, 9.17) is 37.9 Å². The highest BCUT2D eigenvalue weighted by Gasteiger charge is 2.53. The van der Waals surface area contributed by atoms with Gasteiger partial charge in [-0.3, -0.25) is 33.6 Å². The molecule has 13 rings (SSSR count). The molecule has 6 aromatic rings. The summed E-state index contributed by atoms with van der Waals surface area (Å²) in [5, 5.41) is 8.67. The fraction of sp³-hybridized carbons (Fsp3) is 0.560. The van der Waals surface area contributed by atoms with Gasteiger partial charge in [0.1, 0.15) is 0 Å². The van der Waals surface area contributed by atoms with E-state index >= 15 is 0 Å². The van der Waals surface area contributed by atoms with E-state index < -0.39 is 23.1 Å². The molecule has 7 heterocycles. The molecule has 3 amide bonds. The Morgan fingerprint density at radius 3 is 1.04 bits per heavy atom. The highest BCUT2D eigenvalue weighted by atomic mass is 79.9. The summed E-state index contributed by atoms with van der Waals surface area (Å²) >= 11 is 3.59. The fourth-order valence-electron chi connectivity index (χ4n) is 17.0. The smallest absolute Gasteiger partial charge is 0.253 e. The predicted octanol–water partition coefficient (Wildman–Crippen LogP) is 12.7. The molecule has 7 aliphatic rings. The first-order valence-electron chi connectivity index (χ1n) is 38.4. The lowest BCUT2D eigenvalue weighted by Crippen LogP contribution is -2.46. The summed E-state index contributed by atoms with van der Waals surface area (Å²) < 4.78 is 51.6. The van der Waals surface area contributed by atoms with Crippen molar-refractivity contribution in [1.29, 1.82) is 0 Å². The van der Waals surface area contributed by atoms with Crippen LogP contribution in [0, 0.1) is 80.1 Å². The molecule has 0 bridgehead atoms. The number of nitrogens with one attached hydrogen (secondary N) is 6. The number of fused-ring (bicyclic) bond motifs is 3. The Labute approximate surface area is 648 Å². The molecule has 0 spiro atoms. The molecule has 3 aromatic heterocycles. The number of ketones is 1. The zero-order chi connectivity index (χ0) is 79.3. The number of ether oxygens (including phenoxy) is 8. The van der Waals surface area contributed by atoms with Crippen LogP contribution in [-0.4, -0.2) is 144 Å². The molecule has 1 saturated heterocycles. The Hall–Kier alpha value is -8.33. The van der Waals surface area contributed by atoms with E-state index in [1.54, 1.807) is 25.1 Å². The van der Waals surface area contributed by atoms with Crippen LogP contribution >= 0.6 is 15.9 Å². The van der Waals surface area contributed by atoms with Crippen LogP contribution in [0.1, 0.15) is 226 Å². The summed E-state index contributed by atoms with van der Waals surface area (Å²) in [6, 6.07) is 12.5. The van der Waals surface area contributed by atoms with Crippen LogP contribution in [0.4, 0.5) is 0 Å². The van der Waals surface area contributed by atoms with E-state index in [2.05, 4.69) is 104 Å². The van der Waals surface area contributed by atoms with Gasteiger partial charge in [0, 0.05) is 143 Å². The lowest BCUT2D eigenvalue weighted by molar-refractivity contribution is -0.155. The number of aromatic amines is 3. The highest BCUT2D eigenvalue weighted by molar-refractivity contribution is 9.10. The van der Waals surface area contributed by atoms with Crippen molar-refractivity contribution in [3.63, 3.8) is 0 Å². The number of H-pyrrole nitrogens is 3. The summed E-state index contributed by atoms with van der Waals surface area (Å²) in [4.78, 5) is 105. The van der Waals surface area contributed by atoms with Gasteiger partial charge in [-0.15, -0.1) is 0 Å². The molecule has 4 aliphatic heterocycles. The van der Waals surface area contributed by atoms with Crippen LogP contribution in [-0.2, 0) is 34.9 Å². The number of Topliss-reactive ketones (excluding diaryl/α,β-unsaturated/α-hetero) is 1. The molecule has 3 aromatic carbocycles. The number of amides is 3. The van der Waals surface area contributed by atoms with Crippen molar-refractivity contribution >= 4 is 39.4 Å². The van der Waals surface area contributed by atoms with Gasteiger partial charge in [0.25, 0.3) is 51.8 Å². The van der Waals surface area contributed by atoms with Gasteiger partial charge in [0.05, 0.1) is 28.8 Å². The zero-order valence-electron chi connectivity index (χ0n) is 67.3. The SMILES string of the molecule is CC(=O)c1cc(C(=O)NCc2c(C)cc(C)[nH]c2=O)c(C)c2c1OC(C)(C1CCC(N(C)C)CC1)O2.Cc1cc(C)c(CNC(=O)c2cc(Br)c3c(c2C)OC(C)(C2CCC(N(C)C)CC2)O3)c(=O)[nH]1.Cc1cc(C)c(CNC(=O)c2cc(C3(C)OCCO3)c3c(c2C)OC(C)(C2CCC(N(C)C)CC2)O3)c(=O)[nH]1. The maximum absolute atomic E-state index is 13.6. The number of carbonyl (C=O) groups is 4. The van der Waals surface area contributed by atoms with Gasteiger partial charge in [0.2, 0.25) is 0 Å². The van der Waals surface area contributed by atoms with Crippen molar-refractivity contribution in [3.8, 4) is 34.5 Å². The molecule has 6 N–H and O–H groups in total. The molecule has 3 unspecified atom stereocenters. The minimum atomic E-state index is -1.06. The first-order chi connectivity index (χ1) is 51.3. The molecular formula is C84H112BrN9O15. The Bertz CT molecular complexity index is 4670. The van der Waals surface area contributed by atoms with E-state index in [0.29, 0.717) is 126 Å². The number of hydrogen-bond donors (Lipinski definition) is 6. The van der Waals surface area contributed by atoms with Gasteiger partial charge in [-0.1, -0.05) is 0 Å². The van der Waals surface area contributed by atoms with Crippen molar-refractivity contribution in [2.45, 2.75) is 235 Å². The number of hydrogen-bond acceptors (Lipinski definition) is 18. The van der Waals surface area contributed by atoms with Gasteiger partial charge in [-0.05, 0) is 265 Å². The standard InChI is InChI=1S/C30H41N3O6.C28H37N3O5.C26H34BrN3O4/c1-17-14-18(2)32-28(35)23(17)16-31-27(34)22-15-24(30(5)36-12-13-37-30)26-25(19(22)3)38-29(4,39-26)20-8-10-21(11-9-20)33(6)7;1-15-12-16(2)30-27(34)23(15)14-29-26(33)21-13-22(18(4)32)25-24(17(21)3)35-28(5,36-25)19-8-10-20(11-9-19)31(6)7;1-14-11-15(2)29-25(32)20(14)13-28-24(31)19-12-21(27)23-22(16(19)3)33-26(4,34-23)17-7-9-18(10-8-17)30(5)6/h14-15,20-21H,8-13,16H2,1-7H3,(H,31,34)(H,32,35);12-13,19-20H,8-11,14H2,1-7H3,(H,29,33)(H,30,34);11-12,17-18H,7-10,13H2,1-6H3,(H,28,31)(H,29,32). The van der Waals surface area contributed by atoms with Crippen LogP contribution in [0.25, 0.3) is 0 Å². The van der Waals surface area contributed by atoms with Crippen molar-refractivity contribution in [3.05, 3.63) is 167 Å². The molecular weight excluding hydrogens is 1450 g/mol. The monoisotopic (exact) mass is 1570 g/mol. The lowest BCUT2D eigenvalue weighted by Gasteiger charge is -2.39. The topological polar surface area (TPSA) is 287 Å². The number of rotatable bonds is 17. The summed E-state index contributed by atoms with van der Waals surface area (Å²) in [6.07, 6.45) is 12.5. The Morgan fingerprint density at radius 2 is 0.706 bits per heavy atom. The normalized spacial score (nSPS) is 24.3. The molecule has 0 radical (unpaired) electrons. The first-order valence-corrected chi connectivity index (χ1v) is 39.2. The maximum atomic E-state index is 13.6. The third-order valence-electron chi connectivity index (χ3n) is 23.9. The minimum Gasteiger partial charge on any atom is -0.448 e. The average Bonchev–Trinajstić information content (AvgIpc) is 1.59. The van der Waals surface area contributed by atoms with Crippen LogP contribution < -0.4 is 61.0 Å². The second-order valence-corrected chi connectivity index (χ2v) is 33.2. The molecule has 4 fully saturated rings. The van der Waals surface area contributed by atoms with Crippen LogP contribution in [0.2, 0.25) is 0 Å². The summed E-state index contributed by atoms with van der Waals surface area (Å²) in [6.45, 7) is 27.1. The molecule has 590 valence electrons. The average molecular weight is 1570 g/mol. The summed E-state index contributed by atoms with van der Waals surface area (Å²) in [5.74, 6) is -0.774. The molecule has 3 aliphatic carbocycles. The third-order valence-corrected chi connectivity index (χ3v) is 24.5. The highest BCUT2D eigenvalue weighted by Crippen LogP contribution is 2.56. The second-order valence-electron chi connectivity index (χ2n) is 32.3. The molecule has 25 heteroatoms. The number of aromatic nitrogens is 3. The van der Waals surface area contributed by atoms with E-state index in [1.807, 2.05) is 101 Å². The second kappa shape index (κ2) is 32.5. The Balaban J connectivity index is 0.000000163. The van der Waals surface area contributed by atoms with E-state index in [0.717, 1.165) is 116 Å². The molecule has 3 saturated carbocycles. The van der Waals surface area contributed by atoms with Gasteiger partial charge in [-0.2, -0.15) is 0 Å². The maximum Gasteiger partial charge on any atom is 0.253 e. The van der Waals surface area contributed by atoms with Crippen LogP contribution in [0.15, 0.2) is 55.3 Å². The van der Waals surface area contributed by atoms with Crippen molar-refractivity contribution in [2.24, 2.45) is 17.8 Å². The van der Waals surface area contributed by atoms with E-state index in [-0.39, 0.29) is 77.6 Å². The molecule has 3 atom stereocenters. The van der Waals surface area contributed by atoms with Crippen LogP contribution in [0.3, 0.4) is 0 Å². The van der Waals surface area contributed by atoms with Crippen molar-refractivity contribution in [2.75, 3.05) is 55.5 Å². The zero-order valence-corrected chi connectivity index (χ0v) is 68.9. The van der Waals surface area contributed by atoms with Crippen LogP contribution in [0.5, 0.6) is 34.5 Å². The van der Waals surface area contributed by atoms with Gasteiger partial charge in [-0.25, -0.2) is 0 Å². The van der Waals surface area contributed by atoms with Gasteiger partial charge < -0.3 is 83.5 Å².